The summed E-state index contributed by atoms with van der Waals surface area (Å²) >= 11 is 0. The number of fused-ring (bicyclic) bond motifs is 2. The van der Waals surface area contributed by atoms with Crippen LogP contribution in [0.15, 0.2) is 61.3 Å². The van der Waals surface area contributed by atoms with Gasteiger partial charge in [0.2, 0.25) is 0 Å². The molecule has 152 valence electrons. The Hall–Kier alpha value is -3.62. The fraction of sp³-hybridized carbons (Fsp3) is 0.190. The summed E-state index contributed by atoms with van der Waals surface area (Å²) in [6.07, 6.45) is 3.87. The van der Waals surface area contributed by atoms with E-state index in [1.165, 1.54) is 11.0 Å². The van der Waals surface area contributed by atoms with Crippen LogP contribution in [-0.4, -0.2) is 31.4 Å². The molecule has 1 aliphatic rings. The summed E-state index contributed by atoms with van der Waals surface area (Å²) in [6, 6.07) is 7.79. The van der Waals surface area contributed by atoms with E-state index >= 15 is 0 Å². The Labute approximate surface area is 169 Å². The molecular weight excluding hydrogens is 395 g/mol. The highest BCUT2D eigenvalue weighted by atomic mass is 19.4. The van der Waals surface area contributed by atoms with Crippen molar-refractivity contribution in [2.75, 3.05) is 11.4 Å². The molecule has 1 aliphatic heterocycles. The lowest BCUT2D eigenvalue weighted by molar-refractivity contribution is -0.141. The first-order chi connectivity index (χ1) is 14.3. The Balaban J connectivity index is 1.56. The van der Waals surface area contributed by atoms with E-state index in [1.54, 1.807) is 6.20 Å². The summed E-state index contributed by atoms with van der Waals surface area (Å²) in [5.74, 6) is -0.277. The van der Waals surface area contributed by atoms with E-state index in [9.17, 15) is 18.0 Å². The van der Waals surface area contributed by atoms with Crippen molar-refractivity contribution >= 4 is 17.2 Å². The molecule has 0 unspecified atom stereocenters. The number of nitrogens with zero attached hydrogens (tertiary/aromatic N) is 5. The number of carbonyl (C=O) groups is 1. The molecule has 0 N–H and O–H groups in total. The lowest BCUT2D eigenvalue weighted by atomic mass is 10.0. The van der Waals surface area contributed by atoms with E-state index in [-0.39, 0.29) is 11.9 Å². The van der Waals surface area contributed by atoms with Crippen molar-refractivity contribution in [3.63, 3.8) is 0 Å². The molecule has 4 aromatic rings. The van der Waals surface area contributed by atoms with Crippen LogP contribution in [0.2, 0.25) is 0 Å². The minimum Gasteiger partial charge on any atom is -0.338 e. The summed E-state index contributed by atoms with van der Waals surface area (Å²) in [5, 5.41) is 0. The van der Waals surface area contributed by atoms with Gasteiger partial charge < -0.3 is 13.9 Å². The smallest absolute Gasteiger partial charge is 0.338 e. The van der Waals surface area contributed by atoms with Crippen molar-refractivity contribution in [2.45, 2.75) is 19.1 Å². The van der Waals surface area contributed by atoms with Crippen LogP contribution in [0.25, 0.3) is 16.8 Å². The van der Waals surface area contributed by atoms with Crippen LogP contribution < -0.4 is 4.90 Å². The number of pyridine rings is 2. The zero-order chi connectivity index (χ0) is 21.0. The molecule has 1 atom stereocenters. The molecule has 0 spiro atoms. The van der Waals surface area contributed by atoms with Gasteiger partial charge in [-0.15, -0.1) is 0 Å². The average Bonchev–Trinajstić information content (AvgIpc) is 3.37. The first-order valence-electron chi connectivity index (χ1n) is 9.32. The van der Waals surface area contributed by atoms with Crippen LogP contribution in [0.3, 0.4) is 0 Å². The number of alkyl halides is 3. The van der Waals surface area contributed by atoms with Crippen molar-refractivity contribution in [3.05, 3.63) is 72.7 Å². The third kappa shape index (κ3) is 2.85. The Kier molecular flexibility index (Phi) is 3.96. The van der Waals surface area contributed by atoms with Crippen LogP contribution in [0, 0.1) is 0 Å². The molecule has 0 aromatic carbocycles. The SMILES string of the molecule is C[C@H]1CN(c2ccc(C(F)(F)F)nc2)C(=O)c2c(-c3ccc4nccn4c3)ccn21. The summed E-state index contributed by atoms with van der Waals surface area (Å²) in [5.41, 5.74) is 2.25. The van der Waals surface area contributed by atoms with E-state index in [2.05, 4.69) is 9.97 Å². The van der Waals surface area contributed by atoms with Crippen LogP contribution >= 0.6 is 0 Å². The van der Waals surface area contributed by atoms with Gasteiger partial charge in [-0.2, -0.15) is 13.2 Å². The van der Waals surface area contributed by atoms with Crippen LogP contribution in [0.4, 0.5) is 18.9 Å². The van der Waals surface area contributed by atoms with Gasteiger partial charge in [0.05, 0.1) is 11.9 Å². The highest BCUT2D eigenvalue weighted by molar-refractivity contribution is 6.10. The van der Waals surface area contributed by atoms with Crippen LogP contribution in [0.1, 0.15) is 29.1 Å². The lowest BCUT2D eigenvalue weighted by Gasteiger charge is -2.33. The lowest BCUT2D eigenvalue weighted by Crippen LogP contribution is -2.42. The predicted octanol–water partition coefficient (Wildman–Crippen LogP) is 4.44. The number of hydrogen-bond donors (Lipinski definition) is 0. The van der Waals surface area contributed by atoms with Gasteiger partial charge in [0.25, 0.3) is 5.91 Å². The minimum absolute atomic E-state index is 0.0503. The molecule has 1 amide bonds. The molecule has 0 aliphatic carbocycles. The molecule has 6 nitrogen and oxygen atoms in total. The number of halogens is 3. The first-order valence-corrected chi connectivity index (χ1v) is 9.32. The third-order valence-electron chi connectivity index (χ3n) is 5.33. The van der Waals surface area contributed by atoms with E-state index < -0.39 is 11.9 Å². The number of aromatic nitrogens is 4. The predicted molar refractivity (Wildman–Crippen MR) is 104 cm³/mol. The van der Waals surface area contributed by atoms with E-state index in [1.807, 2.05) is 52.7 Å². The van der Waals surface area contributed by atoms with Gasteiger partial charge in [-0.1, -0.05) is 0 Å². The maximum atomic E-state index is 13.3. The number of carbonyl (C=O) groups excluding carboxylic acids is 1. The maximum Gasteiger partial charge on any atom is 0.433 e. The molecular formula is C21H16F3N5O. The Bertz CT molecular complexity index is 1260. The molecule has 0 fully saturated rings. The molecule has 0 radical (unpaired) electrons. The molecule has 5 heterocycles. The number of anilines is 1. The fourth-order valence-corrected chi connectivity index (χ4v) is 3.85. The van der Waals surface area contributed by atoms with Crippen molar-refractivity contribution in [2.24, 2.45) is 0 Å². The van der Waals surface area contributed by atoms with Gasteiger partial charge in [0, 0.05) is 48.5 Å². The summed E-state index contributed by atoms with van der Waals surface area (Å²) in [7, 11) is 0. The second-order valence-corrected chi connectivity index (χ2v) is 7.26. The maximum absolute atomic E-state index is 13.3. The first kappa shape index (κ1) is 18.4. The van der Waals surface area contributed by atoms with Gasteiger partial charge in [0.15, 0.2) is 0 Å². The summed E-state index contributed by atoms with van der Waals surface area (Å²) < 4.78 is 42.3. The minimum atomic E-state index is -4.52. The number of imidazole rings is 1. The normalized spacial score (nSPS) is 16.9. The Morgan fingerprint density at radius 3 is 2.63 bits per heavy atom. The molecule has 9 heteroatoms. The molecule has 5 rings (SSSR count). The second-order valence-electron chi connectivity index (χ2n) is 7.26. The van der Waals surface area contributed by atoms with Crippen molar-refractivity contribution in [1.82, 2.24) is 18.9 Å². The monoisotopic (exact) mass is 411 g/mol. The van der Waals surface area contributed by atoms with Crippen molar-refractivity contribution in [1.29, 1.82) is 0 Å². The van der Waals surface area contributed by atoms with E-state index in [0.717, 1.165) is 29.0 Å². The average molecular weight is 411 g/mol. The topological polar surface area (TPSA) is 55.4 Å². The molecule has 30 heavy (non-hydrogen) atoms. The zero-order valence-corrected chi connectivity index (χ0v) is 15.8. The Morgan fingerprint density at radius 1 is 1.07 bits per heavy atom. The Morgan fingerprint density at radius 2 is 1.90 bits per heavy atom. The molecule has 4 aromatic heterocycles. The van der Waals surface area contributed by atoms with Gasteiger partial charge in [-0.3, -0.25) is 4.79 Å². The summed E-state index contributed by atoms with van der Waals surface area (Å²) in [6.45, 7) is 2.30. The standard InChI is InChI=1S/C21H16F3N5O/c1-13-11-29(15-3-4-17(26-10-15)21(22,23)24)20(30)19-16(6-8-28(13)19)14-2-5-18-25-7-9-27(18)12-14/h2-10,12-13H,11H2,1H3/t13-/m0/s1. The zero-order valence-electron chi connectivity index (χ0n) is 15.8. The highest BCUT2D eigenvalue weighted by Crippen LogP contribution is 2.35. The van der Waals surface area contributed by atoms with Crippen LogP contribution in [0.5, 0.6) is 0 Å². The summed E-state index contributed by atoms with van der Waals surface area (Å²) in [4.78, 5) is 22.6. The number of rotatable bonds is 2. The van der Waals surface area contributed by atoms with E-state index in [4.69, 9.17) is 0 Å². The van der Waals surface area contributed by atoms with E-state index in [0.29, 0.717) is 17.9 Å². The third-order valence-corrected chi connectivity index (χ3v) is 5.33. The number of hydrogen-bond acceptors (Lipinski definition) is 3. The fourth-order valence-electron chi connectivity index (χ4n) is 3.85. The largest absolute Gasteiger partial charge is 0.433 e. The molecule has 0 saturated carbocycles. The van der Waals surface area contributed by atoms with Gasteiger partial charge in [-0.25, -0.2) is 9.97 Å². The number of amides is 1. The van der Waals surface area contributed by atoms with Gasteiger partial charge in [-0.05, 0) is 37.3 Å². The van der Waals surface area contributed by atoms with Gasteiger partial charge >= 0.3 is 6.18 Å². The molecule has 0 saturated heterocycles. The van der Waals surface area contributed by atoms with Crippen LogP contribution in [-0.2, 0) is 6.18 Å². The highest BCUT2D eigenvalue weighted by Gasteiger charge is 2.35. The molecule has 0 bridgehead atoms. The van der Waals surface area contributed by atoms with Crippen molar-refractivity contribution < 1.29 is 18.0 Å². The quantitative estimate of drug-likeness (QED) is 0.490. The van der Waals surface area contributed by atoms with Crippen molar-refractivity contribution in [3.8, 4) is 11.1 Å². The van der Waals surface area contributed by atoms with Gasteiger partial charge in [0.1, 0.15) is 17.0 Å². The second kappa shape index (κ2) is 6.45.